The normalized spacial score (nSPS) is 11.7. The van der Waals surface area contributed by atoms with Gasteiger partial charge in [0.1, 0.15) is 11.6 Å². The van der Waals surface area contributed by atoms with E-state index in [0.29, 0.717) is 22.2 Å². The third-order valence-corrected chi connectivity index (χ3v) is 4.97. The molecule has 4 aromatic rings. The minimum absolute atomic E-state index is 0.0528. The number of hydrogen-bond donors (Lipinski definition) is 2. The summed E-state index contributed by atoms with van der Waals surface area (Å²) in [4.78, 5) is 21.9. The van der Waals surface area contributed by atoms with Gasteiger partial charge in [0.2, 0.25) is 5.95 Å². The Morgan fingerprint density at radius 3 is 2.50 bits per heavy atom. The molecule has 4 rings (SSSR count). The number of aromatic nitrogens is 3. The van der Waals surface area contributed by atoms with Crippen molar-refractivity contribution in [3.8, 4) is 16.9 Å². The first-order chi connectivity index (χ1) is 15.1. The first kappa shape index (κ1) is 21.6. The number of para-hydroxylation sites is 1. The topological polar surface area (TPSA) is 80.0 Å². The van der Waals surface area contributed by atoms with Crippen LogP contribution in [0, 0.1) is 18.6 Å². The minimum Gasteiger partial charge on any atom is -0.389 e. The Hall–Kier alpha value is -3.65. The highest BCUT2D eigenvalue weighted by atomic mass is 19.1. The molecule has 0 atom stereocenters. The number of nitrogens with one attached hydrogen (secondary N) is 1. The molecule has 0 amide bonds. The van der Waals surface area contributed by atoms with Crippen molar-refractivity contribution in [2.75, 3.05) is 11.9 Å². The number of rotatable bonds is 5. The third kappa shape index (κ3) is 4.22. The molecular weight excluding hydrogens is 414 g/mol. The highest BCUT2D eigenvalue weighted by molar-refractivity contribution is 5.92. The molecule has 0 unspecified atom stereocenters. The Morgan fingerprint density at radius 1 is 1.06 bits per heavy atom. The Labute approximate surface area is 183 Å². The third-order valence-electron chi connectivity index (χ3n) is 4.97. The van der Waals surface area contributed by atoms with E-state index in [4.69, 9.17) is 0 Å². The number of anilines is 1. The molecule has 2 heterocycles. The van der Waals surface area contributed by atoms with Gasteiger partial charge in [0.25, 0.3) is 5.56 Å². The van der Waals surface area contributed by atoms with Crippen molar-refractivity contribution < 1.29 is 13.9 Å². The largest absolute Gasteiger partial charge is 0.389 e. The fourth-order valence-corrected chi connectivity index (χ4v) is 3.45. The quantitative estimate of drug-likeness (QED) is 0.490. The zero-order chi connectivity index (χ0) is 23.0. The maximum atomic E-state index is 14.6. The standard InChI is InChI=1S/C24H22F2N4O2/c1-14-12-15(25)8-9-16(14)21-17-10-11-20(31)30(19-7-5-4-6-18(19)26)22(17)29-23(28-21)27-13-24(2,3)32/h4-12,32H,13H2,1-3H3,(H,27,28,29). The average molecular weight is 436 g/mol. The van der Waals surface area contributed by atoms with Crippen LogP contribution in [-0.2, 0) is 0 Å². The summed E-state index contributed by atoms with van der Waals surface area (Å²) < 4.78 is 29.5. The number of aryl methyl sites for hydroxylation is 1. The van der Waals surface area contributed by atoms with Crippen LogP contribution in [0.2, 0.25) is 0 Å². The number of nitrogens with zero attached hydrogens (tertiary/aromatic N) is 3. The maximum Gasteiger partial charge on any atom is 0.256 e. The number of aliphatic hydroxyl groups is 1. The fraction of sp³-hybridized carbons (Fsp3) is 0.208. The highest BCUT2D eigenvalue weighted by Gasteiger charge is 2.19. The number of pyridine rings is 1. The van der Waals surface area contributed by atoms with E-state index in [2.05, 4.69) is 15.3 Å². The van der Waals surface area contributed by atoms with Crippen LogP contribution in [0.25, 0.3) is 28.0 Å². The molecule has 0 radical (unpaired) electrons. The van der Waals surface area contributed by atoms with Crippen LogP contribution in [0.1, 0.15) is 19.4 Å². The molecular formula is C24H22F2N4O2. The first-order valence-electron chi connectivity index (χ1n) is 10.1. The van der Waals surface area contributed by atoms with Crippen molar-refractivity contribution in [1.29, 1.82) is 0 Å². The van der Waals surface area contributed by atoms with E-state index in [1.807, 2.05) is 0 Å². The molecule has 0 aliphatic rings. The summed E-state index contributed by atoms with van der Waals surface area (Å²) >= 11 is 0. The average Bonchev–Trinajstić information content (AvgIpc) is 2.72. The lowest BCUT2D eigenvalue weighted by Gasteiger charge is -2.19. The summed E-state index contributed by atoms with van der Waals surface area (Å²) in [5, 5.41) is 13.6. The van der Waals surface area contributed by atoms with Crippen molar-refractivity contribution in [1.82, 2.24) is 14.5 Å². The van der Waals surface area contributed by atoms with Crippen LogP contribution in [0.4, 0.5) is 14.7 Å². The number of fused-ring (bicyclic) bond motifs is 1. The number of benzene rings is 2. The van der Waals surface area contributed by atoms with E-state index < -0.39 is 17.0 Å². The van der Waals surface area contributed by atoms with Crippen molar-refractivity contribution in [3.05, 3.63) is 82.1 Å². The Morgan fingerprint density at radius 2 is 1.81 bits per heavy atom. The highest BCUT2D eigenvalue weighted by Crippen LogP contribution is 2.30. The second-order valence-electron chi connectivity index (χ2n) is 8.22. The Kier molecular flexibility index (Phi) is 5.48. The van der Waals surface area contributed by atoms with Crippen molar-refractivity contribution in [2.24, 2.45) is 0 Å². The van der Waals surface area contributed by atoms with Crippen molar-refractivity contribution in [3.63, 3.8) is 0 Å². The summed E-state index contributed by atoms with van der Waals surface area (Å²) in [5.41, 5.74) is 0.469. The summed E-state index contributed by atoms with van der Waals surface area (Å²) in [6.07, 6.45) is 0. The van der Waals surface area contributed by atoms with Gasteiger partial charge in [-0.2, -0.15) is 4.98 Å². The van der Waals surface area contributed by atoms with E-state index in [-0.39, 0.29) is 29.6 Å². The van der Waals surface area contributed by atoms with Gasteiger partial charge in [-0.25, -0.2) is 13.8 Å². The molecule has 6 nitrogen and oxygen atoms in total. The lowest BCUT2D eigenvalue weighted by atomic mass is 10.0. The van der Waals surface area contributed by atoms with Gasteiger partial charge in [-0.3, -0.25) is 9.36 Å². The van der Waals surface area contributed by atoms with Gasteiger partial charge < -0.3 is 10.4 Å². The van der Waals surface area contributed by atoms with Gasteiger partial charge >= 0.3 is 0 Å². The second kappa shape index (κ2) is 8.12. The van der Waals surface area contributed by atoms with Crippen LogP contribution >= 0.6 is 0 Å². The minimum atomic E-state index is -1.05. The van der Waals surface area contributed by atoms with E-state index in [9.17, 15) is 18.7 Å². The maximum absolute atomic E-state index is 14.6. The van der Waals surface area contributed by atoms with Gasteiger partial charge in [-0.15, -0.1) is 0 Å². The predicted octanol–water partition coefficient (Wildman–Crippen LogP) is 4.22. The van der Waals surface area contributed by atoms with Gasteiger partial charge in [-0.05, 0) is 62.7 Å². The van der Waals surface area contributed by atoms with Gasteiger partial charge in [-0.1, -0.05) is 12.1 Å². The number of halogens is 2. The van der Waals surface area contributed by atoms with Crippen molar-refractivity contribution >= 4 is 17.0 Å². The molecule has 32 heavy (non-hydrogen) atoms. The monoisotopic (exact) mass is 436 g/mol. The molecule has 8 heteroatoms. The fourth-order valence-electron chi connectivity index (χ4n) is 3.45. The lowest BCUT2D eigenvalue weighted by molar-refractivity contribution is 0.0943. The van der Waals surface area contributed by atoms with Gasteiger partial charge in [0, 0.05) is 23.6 Å². The zero-order valence-electron chi connectivity index (χ0n) is 17.9. The van der Waals surface area contributed by atoms with Crippen LogP contribution in [0.5, 0.6) is 0 Å². The Bertz CT molecular complexity index is 1380. The van der Waals surface area contributed by atoms with Crippen LogP contribution in [0.3, 0.4) is 0 Å². The summed E-state index contributed by atoms with van der Waals surface area (Å²) in [6, 6.07) is 13.1. The van der Waals surface area contributed by atoms with E-state index in [1.165, 1.54) is 41.0 Å². The van der Waals surface area contributed by atoms with Gasteiger partial charge in [0.15, 0.2) is 5.65 Å². The SMILES string of the molecule is Cc1cc(F)ccc1-c1nc(NCC(C)(C)O)nc2c1ccc(=O)n2-c1ccccc1F. The molecule has 0 spiro atoms. The lowest BCUT2D eigenvalue weighted by Crippen LogP contribution is -2.30. The zero-order valence-corrected chi connectivity index (χ0v) is 17.9. The van der Waals surface area contributed by atoms with E-state index in [1.54, 1.807) is 39.0 Å². The molecule has 0 aliphatic carbocycles. The second-order valence-corrected chi connectivity index (χ2v) is 8.22. The van der Waals surface area contributed by atoms with Crippen LogP contribution in [-0.4, -0.2) is 31.8 Å². The number of hydrogen-bond acceptors (Lipinski definition) is 5. The molecule has 164 valence electrons. The molecule has 0 bridgehead atoms. The molecule has 2 N–H and O–H groups in total. The van der Waals surface area contributed by atoms with E-state index >= 15 is 0 Å². The van der Waals surface area contributed by atoms with Gasteiger partial charge in [0.05, 0.1) is 17.0 Å². The molecule has 0 fully saturated rings. The predicted molar refractivity (Wildman–Crippen MR) is 120 cm³/mol. The van der Waals surface area contributed by atoms with Crippen molar-refractivity contribution in [2.45, 2.75) is 26.4 Å². The summed E-state index contributed by atoms with van der Waals surface area (Å²) in [6.45, 7) is 5.14. The molecule has 0 aliphatic heterocycles. The Balaban J connectivity index is 2.05. The molecule has 0 saturated carbocycles. The molecule has 2 aromatic heterocycles. The van der Waals surface area contributed by atoms with E-state index in [0.717, 1.165) is 0 Å². The first-order valence-corrected chi connectivity index (χ1v) is 10.1. The molecule has 0 saturated heterocycles. The van der Waals surface area contributed by atoms with Crippen LogP contribution < -0.4 is 10.9 Å². The molecule has 2 aromatic carbocycles. The van der Waals surface area contributed by atoms with Crippen LogP contribution in [0.15, 0.2) is 59.4 Å². The summed E-state index contributed by atoms with van der Waals surface area (Å²) in [5.74, 6) is -0.812. The smallest absolute Gasteiger partial charge is 0.256 e. The summed E-state index contributed by atoms with van der Waals surface area (Å²) in [7, 11) is 0.